The standard InChI is InChI=1S/C8H12N4O.C2HF3O2/c9-5-8(13)12-4-3-11-2-1-10-7(11)6-12;3-2(4,5)1(6)7/h1-2H,3-6,9H2;(H,6,7). The molecule has 2 heterocycles. The number of hydrogen-bond donors (Lipinski definition) is 2. The molecule has 20 heavy (non-hydrogen) atoms. The first-order valence-corrected chi connectivity index (χ1v) is 5.53. The molecule has 0 saturated heterocycles. The third-order valence-electron chi connectivity index (χ3n) is 2.51. The van der Waals surface area contributed by atoms with E-state index in [9.17, 15) is 18.0 Å². The minimum absolute atomic E-state index is 0.00532. The molecular formula is C10H13F3N4O3. The number of imidazole rings is 1. The lowest BCUT2D eigenvalue weighted by atomic mass is 10.3. The molecule has 1 amide bonds. The van der Waals surface area contributed by atoms with Crippen molar-refractivity contribution in [3.63, 3.8) is 0 Å². The van der Waals surface area contributed by atoms with Gasteiger partial charge in [-0.3, -0.25) is 4.79 Å². The highest BCUT2D eigenvalue weighted by Gasteiger charge is 2.38. The van der Waals surface area contributed by atoms with Crippen LogP contribution in [0, 0.1) is 0 Å². The Morgan fingerprint density at radius 2 is 2.00 bits per heavy atom. The van der Waals surface area contributed by atoms with Crippen LogP contribution in [0.2, 0.25) is 0 Å². The Morgan fingerprint density at radius 3 is 2.50 bits per heavy atom. The lowest BCUT2D eigenvalue weighted by molar-refractivity contribution is -0.192. The molecule has 0 aliphatic carbocycles. The average Bonchev–Trinajstić information content (AvgIpc) is 2.84. The summed E-state index contributed by atoms with van der Waals surface area (Å²) in [7, 11) is 0. The number of rotatable bonds is 1. The highest BCUT2D eigenvalue weighted by molar-refractivity contribution is 5.78. The topological polar surface area (TPSA) is 101 Å². The van der Waals surface area contributed by atoms with Crippen molar-refractivity contribution in [2.45, 2.75) is 19.3 Å². The van der Waals surface area contributed by atoms with Gasteiger partial charge in [0.1, 0.15) is 5.82 Å². The smallest absolute Gasteiger partial charge is 0.475 e. The zero-order valence-electron chi connectivity index (χ0n) is 10.3. The molecule has 1 aliphatic heterocycles. The van der Waals surface area contributed by atoms with E-state index in [0.29, 0.717) is 6.54 Å². The van der Waals surface area contributed by atoms with Gasteiger partial charge in [-0.25, -0.2) is 9.78 Å². The summed E-state index contributed by atoms with van der Waals surface area (Å²) in [6.07, 6.45) is -1.40. The number of aromatic nitrogens is 2. The number of alkyl halides is 3. The molecule has 10 heteroatoms. The van der Waals surface area contributed by atoms with Gasteiger partial charge >= 0.3 is 12.1 Å². The Hall–Kier alpha value is -2.10. The van der Waals surface area contributed by atoms with Gasteiger partial charge in [-0.2, -0.15) is 13.2 Å². The Kier molecular flexibility index (Phi) is 5.08. The Labute approximate surface area is 111 Å². The van der Waals surface area contributed by atoms with Gasteiger partial charge in [0.2, 0.25) is 5.91 Å². The van der Waals surface area contributed by atoms with E-state index in [1.807, 2.05) is 6.20 Å². The second-order valence-electron chi connectivity index (χ2n) is 3.86. The van der Waals surface area contributed by atoms with Crippen LogP contribution in [0.3, 0.4) is 0 Å². The maximum Gasteiger partial charge on any atom is 0.490 e. The van der Waals surface area contributed by atoms with E-state index in [-0.39, 0.29) is 12.5 Å². The summed E-state index contributed by atoms with van der Waals surface area (Å²) < 4.78 is 33.8. The van der Waals surface area contributed by atoms with Crippen molar-refractivity contribution in [2.75, 3.05) is 13.1 Å². The molecule has 0 aromatic carbocycles. The molecular weight excluding hydrogens is 281 g/mol. The predicted octanol–water partition coefficient (Wildman–Crippen LogP) is -0.183. The van der Waals surface area contributed by atoms with Crippen LogP contribution in [0.25, 0.3) is 0 Å². The molecule has 0 bridgehead atoms. The Bertz CT molecular complexity index is 486. The highest BCUT2D eigenvalue weighted by Crippen LogP contribution is 2.13. The molecule has 2 rings (SSSR count). The van der Waals surface area contributed by atoms with Gasteiger partial charge in [0.15, 0.2) is 0 Å². The first-order valence-electron chi connectivity index (χ1n) is 5.53. The van der Waals surface area contributed by atoms with Crippen LogP contribution in [0.1, 0.15) is 5.82 Å². The fourth-order valence-electron chi connectivity index (χ4n) is 1.52. The summed E-state index contributed by atoms with van der Waals surface area (Å²) in [5, 5.41) is 7.12. The fraction of sp³-hybridized carbons (Fsp3) is 0.500. The maximum absolute atomic E-state index is 11.3. The summed E-state index contributed by atoms with van der Waals surface area (Å²) in [5.41, 5.74) is 5.28. The number of halogens is 3. The molecule has 0 spiro atoms. The molecule has 112 valence electrons. The molecule has 1 aromatic rings. The lowest BCUT2D eigenvalue weighted by Crippen LogP contribution is -2.41. The summed E-state index contributed by atoms with van der Waals surface area (Å²) >= 11 is 0. The lowest BCUT2D eigenvalue weighted by Gasteiger charge is -2.27. The van der Waals surface area contributed by atoms with Crippen molar-refractivity contribution in [3.8, 4) is 0 Å². The number of aliphatic carboxylic acids is 1. The van der Waals surface area contributed by atoms with Gasteiger partial charge < -0.3 is 20.3 Å². The number of carbonyl (C=O) groups excluding carboxylic acids is 1. The SMILES string of the molecule is NCC(=O)N1CCn2ccnc2C1.O=C(O)C(F)(F)F. The van der Waals surface area contributed by atoms with Crippen molar-refractivity contribution in [1.82, 2.24) is 14.5 Å². The summed E-state index contributed by atoms with van der Waals surface area (Å²) in [4.78, 5) is 26.0. The summed E-state index contributed by atoms with van der Waals surface area (Å²) in [5.74, 6) is -1.82. The van der Waals surface area contributed by atoms with E-state index in [1.165, 1.54) is 0 Å². The molecule has 0 unspecified atom stereocenters. The highest BCUT2D eigenvalue weighted by atomic mass is 19.4. The van der Waals surface area contributed by atoms with Crippen LogP contribution in [-0.2, 0) is 22.7 Å². The van der Waals surface area contributed by atoms with E-state index in [1.54, 1.807) is 11.1 Å². The zero-order chi connectivity index (χ0) is 15.3. The van der Waals surface area contributed by atoms with E-state index in [4.69, 9.17) is 15.6 Å². The molecule has 0 atom stereocenters. The molecule has 3 N–H and O–H groups in total. The minimum atomic E-state index is -5.08. The number of carboxylic acids is 1. The summed E-state index contributed by atoms with van der Waals surface area (Å²) in [6.45, 7) is 2.23. The van der Waals surface area contributed by atoms with Crippen LogP contribution in [-0.4, -0.2) is 50.7 Å². The van der Waals surface area contributed by atoms with Crippen LogP contribution >= 0.6 is 0 Å². The summed E-state index contributed by atoms with van der Waals surface area (Å²) in [6, 6.07) is 0. The molecule has 1 aliphatic rings. The second kappa shape index (κ2) is 6.37. The fourth-order valence-corrected chi connectivity index (χ4v) is 1.52. The van der Waals surface area contributed by atoms with E-state index in [2.05, 4.69) is 9.55 Å². The normalized spacial score (nSPS) is 14.1. The van der Waals surface area contributed by atoms with Gasteiger partial charge in [0, 0.05) is 25.5 Å². The third-order valence-corrected chi connectivity index (χ3v) is 2.51. The molecule has 0 saturated carbocycles. The van der Waals surface area contributed by atoms with Crippen molar-refractivity contribution in [3.05, 3.63) is 18.2 Å². The van der Waals surface area contributed by atoms with Crippen LogP contribution in [0.5, 0.6) is 0 Å². The number of amides is 1. The average molecular weight is 294 g/mol. The largest absolute Gasteiger partial charge is 0.490 e. The second-order valence-corrected chi connectivity index (χ2v) is 3.86. The van der Waals surface area contributed by atoms with Gasteiger partial charge in [0.05, 0.1) is 13.1 Å². The van der Waals surface area contributed by atoms with Gasteiger partial charge in [-0.05, 0) is 0 Å². The number of fused-ring (bicyclic) bond motifs is 1. The van der Waals surface area contributed by atoms with Crippen LogP contribution < -0.4 is 5.73 Å². The number of carbonyl (C=O) groups is 2. The number of nitrogens with zero attached hydrogens (tertiary/aromatic N) is 3. The first kappa shape index (κ1) is 16.0. The van der Waals surface area contributed by atoms with E-state index in [0.717, 1.165) is 18.9 Å². The van der Waals surface area contributed by atoms with Crippen molar-refractivity contribution in [2.24, 2.45) is 5.73 Å². The van der Waals surface area contributed by atoms with Crippen molar-refractivity contribution in [1.29, 1.82) is 0 Å². The number of carboxylic acid groups (broad SMARTS) is 1. The molecule has 1 aromatic heterocycles. The van der Waals surface area contributed by atoms with Gasteiger partial charge in [-0.15, -0.1) is 0 Å². The van der Waals surface area contributed by atoms with Gasteiger partial charge in [0.25, 0.3) is 0 Å². The Balaban J connectivity index is 0.000000246. The van der Waals surface area contributed by atoms with Crippen LogP contribution in [0.4, 0.5) is 13.2 Å². The first-order chi connectivity index (χ1) is 9.25. The van der Waals surface area contributed by atoms with E-state index < -0.39 is 12.1 Å². The Morgan fingerprint density at radius 1 is 1.40 bits per heavy atom. The molecule has 0 radical (unpaired) electrons. The van der Waals surface area contributed by atoms with E-state index >= 15 is 0 Å². The minimum Gasteiger partial charge on any atom is -0.475 e. The van der Waals surface area contributed by atoms with Crippen LogP contribution in [0.15, 0.2) is 12.4 Å². The molecule has 7 nitrogen and oxygen atoms in total. The quantitative estimate of drug-likeness (QED) is 0.748. The van der Waals surface area contributed by atoms with Crippen molar-refractivity contribution >= 4 is 11.9 Å². The predicted molar refractivity (Wildman–Crippen MR) is 60.4 cm³/mol. The third kappa shape index (κ3) is 4.23. The van der Waals surface area contributed by atoms with Crippen molar-refractivity contribution < 1.29 is 27.9 Å². The van der Waals surface area contributed by atoms with Gasteiger partial charge in [-0.1, -0.05) is 0 Å². The molecule has 0 fully saturated rings. The number of hydrogen-bond acceptors (Lipinski definition) is 4. The number of nitrogens with two attached hydrogens (primary N) is 1. The zero-order valence-corrected chi connectivity index (χ0v) is 10.3. The monoisotopic (exact) mass is 294 g/mol. The maximum atomic E-state index is 11.3.